The number of aliphatic hydroxyl groups is 1. The minimum absolute atomic E-state index is 0.00822. The maximum Gasteiger partial charge on any atom is 0.274 e. The molecule has 0 aromatic heterocycles. The summed E-state index contributed by atoms with van der Waals surface area (Å²) in [6.07, 6.45) is 2.27. The van der Waals surface area contributed by atoms with Crippen molar-refractivity contribution in [1.29, 1.82) is 0 Å². The first-order valence-electron chi connectivity index (χ1n) is 7.88. The maximum absolute atomic E-state index is 12.1. The average Bonchev–Trinajstić information content (AvgIpc) is 2.55. The molecule has 0 aliphatic carbocycles. The van der Waals surface area contributed by atoms with Crippen molar-refractivity contribution in [3.8, 4) is 0 Å². The van der Waals surface area contributed by atoms with Gasteiger partial charge in [-0.05, 0) is 44.8 Å². The summed E-state index contributed by atoms with van der Waals surface area (Å²) in [4.78, 5) is 24.7. The normalized spacial score (nSPS) is 16.3. The molecule has 7 nitrogen and oxygen atoms in total. The molecule has 1 aromatic carbocycles. The van der Waals surface area contributed by atoms with Gasteiger partial charge in [0.15, 0.2) is 0 Å². The molecule has 7 heteroatoms. The fourth-order valence-corrected chi connectivity index (χ4v) is 2.82. The molecule has 126 valence electrons. The van der Waals surface area contributed by atoms with Crippen LogP contribution in [0.3, 0.4) is 0 Å². The van der Waals surface area contributed by atoms with Crippen molar-refractivity contribution >= 4 is 17.3 Å². The van der Waals surface area contributed by atoms with Crippen LogP contribution < -0.4 is 5.32 Å². The highest BCUT2D eigenvalue weighted by atomic mass is 16.6. The third-order valence-electron chi connectivity index (χ3n) is 4.40. The zero-order valence-corrected chi connectivity index (χ0v) is 13.3. The SMILES string of the molecule is Cc1c(NC(=O)CCN2CCC(CO)CC2)cccc1[N+](=O)[O-]. The van der Waals surface area contributed by atoms with E-state index in [2.05, 4.69) is 10.2 Å². The Morgan fingerprint density at radius 1 is 1.43 bits per heavy atom. The molecule has 2 rings (SSSR count). The molecule has 0 unspecified atom stereocenters. The minimum atomic E-state index is -0.448. The summed E-state index contributed by atoms with van der Waals surface area (Å²) in [6, 6.07) is 4.67. The monoisotopic (exact) mass is 321 g/mol. The average molecular weight is 321 g/mol. The van der Waals surface area contributed by atoms with Crippen LogP contribution in [0, 0.1) is 23.0 Å². The lowest BCUT2D eigenvalue weighted by molar-refractivity contribution is -0.385. The van der Waals surface area contributed by atoms with Crippen LogP contribution in [0.2, 0.25) is 0 Å². The first-order chi connectivity index (χ1) is 11.0. The molecule has 1 amide bonds. The Bertz CT molecular complexity index is 568. The van der Waals surface area contributed by atoms with E-state index in [1.54, 1.807) is 19.1 Å². The van der Waals surface area contributed by atoms with Crippen molar-refractivity contribution in [2.24, 2.45) is 5.92 Å². The van der Waals surface area contributed by atoms with Gasteiger partial charge in [-0.2, -0.15) is 0 Å². The van der Waals surface area contributed by atoms with E-state index in [1.807, 2.05) is 0 Å². The highest BCUT2D eigenvalue weighted by Crippen LogP contribution is 2.25. The van der Waals surface area contributed by atoms with Gasteiger partial charge >= 0.3 is 0 Å². The number of carbonyl (C=O) groups excluding carboxylic acids is 1. The second-order valence-electron chi connectivity index (χ2n) is 5.97. The molecule has 23 heavy (non-hydrogen) atoms. The number of benzene rings is 1. The number of hydrogen-bond acceptors (Lipinski definition) is 5. The van der Waals surface area contributed by atoms with Gasteiger partial charge in [0.2, 0.25) is 5.91 Å². The van der Waals surface area contributed by atoms with Crippen LogP contribution in [0.15, 0.2) is 18.2 Å². The first kappa shape index (κ1) is 17.4. The van der Waals surface area contributed by atoms with Gasteiger partial charge in [-0.1, -0.05) is 6.07 Å². The topological polar surface area (TPSA) is 95.7 Å². The number of nitro benzene ring substituents is 1. The minimum Gasteiger partial charge on any atom is -0.396 e. The van der Waals surface area contributed by atoms with Gasteiger partial charge in [-0.3, -0.25) is 14.9 Å². The smallest absolute Gasteiger partial charge is 0.274 e. The predicted octanol–water partition coefficient (Wildman–Crippen LogP) is 1.94. The van der Waals surface area contributed by atoms with E-state index in [9.17, 15) is 14.9 Å². The molecule has 1 aliphatic heterocycles. The summed E-state index contributed by atoms with van der Waals surface area (Å²) in [7, 11) is 0. The Balaban J connectivity index is 1.84. The van der Waals surface area contributed by atoms with E-state index in [-0.39, 0.29) is 18.2 Å². The summed E-state index contributed by atoms with van der Waals surface area (Å²) in [6.45, 7) is 4.33. The van der Waals surface area contributed by atoms with Crippen molar-refractivity contribution in [2.45, 2.75) is 26.2 Å². The number of nitro groups is 1. The van der Waals surface area contributed by atoms with Gasteiger partial charge in [0.1, 0.15) is 0 Å². The lowest BCUT2D eigenvalue weighted by Gasteiger charge is -2.30. The number of likely N-dealkylation sites (tertiary alicyclic amines) is 1. The van der Waals surface area contributed by atoms with Gasteiger partial charge in [0.05, 0.1) is 16.2 Å². The van der Waals surface area contributed by atoms with E-state index in [4.69, 9.17) is 5.11 Å². The van der Waals surface area contributed by atoms with Crippen LogP contribution in [-0.4, -0.2) is 47.1 Å². The van der Waals surface area contributed by atoms with Gasteiger partial charge in [-0.25, -0.2) is 0 Å². The van der Waals surface area contributed by atoms with E-state index in [0.29, 0.717) is 30.1 Å². The number of anilines is 1. The van der Waals surface area contributed by atoms with Crippen molar-refractivity contribution in [3.63, 3.8) is 0 Å². The molecule has 0 saturated carbocycles. The Kier molecular flexibility index (Phi) is 6.06. The zero-order chi connectivity index (χ0) is 16.8. The molecule has 0 radical (unpaired) electrons. The molecule has 2 N–H and O–H groups in total. The highest BCUT2D eigenvalue weighted by molar-refractivity contribution is 5.92. The Morgan fingerprint density at radius 2 is 2.13 bits per heavy atom. The fraction of sp³-hybridized carbons (Fsp3) is 0.562. The molecule has 0 spiro atoms. The predicted molar refractivity (Wildman–Crippen MR) is 87.3 cm³/mol. The van der Waals surface area contributed by atoms with E-state index in [1.165, 1.54) is 6.07 Å². The Morgan fingerprint density at radius 3 is 2.74 bits per heavy atom. The highest BCUT2D eigenvalue weighted by Gasteiger charge is 2.19. The number of aliphatic hydroxyl groups excluding tert-OH is 1. The Labute approximate surface area is 135 Å². The standard InChI is InChI=1S/C16H23N3O4/c1-12-14(3-2-4-15(12)19(22)23)17-16(21)7-10-18-8-5-13(11-20)6-9-18/h2-4,13,20H,5-11H2,1H3,(H,17,21). The number of nitrogens with zero attached hydrogens (tertiary/aromatic N) is 2. The molecule has 1 aliphatic rings. The quantitative estimate of drug-likeness (QED) is 0.616. The lowest BCUT2D eigenvalue weighted by Crippen LogP contribution is -2.36. The van der Waals surface area contributed by atoms with Crippen molar-refractivity contribution in [3.05, 3.63) is 33.9 Å². The number of carbonyl (C=O) groups is 1. The summed E-state index contributed by atoms with van der Waals surface area (Å²) in [5.74, 6) is 0.241. The maximum atomic E-state index is 12.1. The van der Waals surface area contributed by atoms with Crippen molar-refractivity contribution < 1.29 is 14.8 Å². The van der Waals surface area contributed by atoms with Gasteiger partial charge in [-0.15, -0.1) is 0 Å². The number of nitrogens with one attached hydrogen (secondary N) is 1. The largest absolute Gasteiger partial charge is 0.396 e. The molecule has 1 fully saturated rings. The summed E-state index contributed by atoms with van der Waals surface area (Å²) in [5.41, 5.74) is 0.965. The van der Waals surface area contributed by atoms with Crippen molar-refractivity contribution in [2.75, 3.05) is 31.6 Å². The third-order valence-corrected chi connectivity index (χ3v) is 4.40. The first-order valence-corrected chi connectivity index (χ1v) is 7.88. The summed E-state index contributed by atoms with van der Waals surface area (Å²) < 4.78 is 0. The molecular weight excluding hydrogens is 298 g/mol. The van der Waals surface area contributed by atoms with Crippen LogP contribution in [0.4, 0.5) is 11.4 Å². The second kappa shape index (κ2) is 8.03. The van der Waals surface area contributed by atoms with Crippen LogP contribution >= 0.6 is 0 Å². The van der Waals surface area contributed by atoms with Crippen LogP contribution in [0.25, 0.3) is 0 Å². The number of rotatable bonds is 6. The van der Waals surface area contributed by atoms with Crippen LogP contribution in [0.5, 0.6) is 0 Å². The molecule has 1 saturated heterocycles. The zero-order valence-electron chi connectivity index (χ0n) is 13.3. The summed E-state index contributed by atoms with van der Waals surface area (Å²) in [5, 5.41) is 22.8. The van der Waals surface area contributed by atoms with Gasteiger partial charge < -0.3 is 15.3 Å². The molecular formula is C16H23N3O4. The number of hydrogen-bond donors (Lipinski definition) is 2. The number of piperidine rings is 1. The molecule has 0 bridgehead atoms. The van der Waals surface area contributed by atoms with E-state index >= 15 is 0 Å². The molecule has 1 heterocycles. The van der Waals surface area contributed by atoms with Gasteiger partial charge in [0.25, 0.3) is 5.69 Å². The van der Waals surface area contributed by atoms with Crippen LogP contribution in [0.1, 0.15) is 24.8 Å². The summed E-state index contributed by atoms with van der Waals surface area (Å²) >= 11 is 0. The third kappa shape index (κ3) is 4.74. The molecule has 0 atom stereocenters. The number of amides is 1. The van der Waals surface area contributed by atoms with Gasteiger partial charge in [0, 0.05) is 25.6 Å². The van der Waals surface area contributed by atoms with E-state index < -0.39 is 4.92 Å². The second-order valence-corrected chi connectivity index (χ2v) is 5.97. The fourth-order valence-electron chi connectivity index (χ4n) is 2.82. The van der Waals surface area contributed by atoms with Crippen LogP contribution in [-0.2, 0) is 4.79 Å². The Hall–Kier alpha value is -1.99. The van der Waals surface area contributed by atoms with E-state index in [0.717, 1.165) is 25.9 Å². The van der Waals surface area contributed by atoms with Crippen molar-refractivity contribution in [1.82, 2.24) is 4.90 Å². The lowest BCUT2D eigenvalue weighted by atomic mass is 9.98. The molecule has 1 aromatic rings.